The predicted molar refractivity (Wildman–Crippen MR) is 87.2 cm³/mol. The summed E-state index contributed by atoms with van der Waals surface area (Å²) >= 11 is 9.65. The van der Waals surface area contributed by atoms with Crippen molar-refractivity contribution in [2.75, 3.05) is 0 Å². The number of benzene rings is 1. The van der Waals surface area contributed by atoms with Crippen molar-refractivity contribution in [2.45, 2.75) is 20.8 Å². The van der Waals surface area contributed by atoms with Gasteiger partial charge in [-0.3, -0.25) is 0 Å². The molecule has 1 aromatic carbocycles. The quantitative estimate of drug-likeness (QED) is 0.606. The van der Waals surface area contributed by atoms with E-state index in [0.29, 0.717) is 5.02 Å². The maximum atomic E-state index is 6.20. The van der Waals surface area contributed by atoms with Crippen LogP contribution in [0.4, 0.5) is 0 Å². The molecule has 0 spiro atoms. The van der Waals surface area contributed by atoms with Gasteiger partial charge in [-0.15, -0.1) is 0 Å². The van der Waals surface area contributed by atoms with Crippen LogP contribution in [0.3, 0.4) is 0 Å². The molecule has 20 heavy (non-hydrogen) atoms. The lowest BCUT2D eigenvalue weighted by atomic mass is 10.1. The average Bonchev–Trinajstić information content (AvgIpc) is 2.84. The van der Waals surface area contributed by atoms with Crippen molar-refractivity contribution in [3.63, 3.8) is 0 Å². The monoisotopic (exact) mass is 351 g/mol. The highest BCUT2D eigenvalue weighted by Crippen LogP contribution is 2.28. The fraction of sp³-hybridized carbons (Fsp3) is 0.200. The largest absolute Gasteiger partial charge is 0.227 e. The lowest BCUT2D eigenvalue weighted by molar-refractivity contribution is 0.896. The normalized spacial score (nSPS) is 10.2. The fourth-order valence-electron chi connectivity index (χ4n) is 1.89. The van der Waals surface area contributed by atoms with Gasteiger partial charge in [0, 0.05) is 16.3 Å². The molecule has 0 aliphatic heterocycles. The van der Waals surface area contributed by atoms with E-state index in [1.54, 1.807) is 10.7 Å². The summed E-state index contributed by atoms with van der Waals surface area (Å²) in [4.78, 5) is 4.60. The van der Waals surface area contributed by atoms with Crippen LogP contribution < -0.4 is 0 Å². The minimum Gasteiger partial charge on any atom is -0.227 e. The molecule has 0 aliphatic carbocycles. The van der Waals surface area contributed by atoms with Crippen LogP contribution in [0.15, 0.2) is 41.0 Å². The van der Waals surface area contributed by atoms with Gasteiger partial charge in [-0.25, -0.2) is 9.50 Å². The second kappa shape index (κ2) is 6.37. The molecule has 3 aromatic rings. The Bertz CT molecular complexity index is 737. The first-order valence-electron chi connectivity index (χ1n) is 6.42. The highest BCUT2D eigenvalue weighted by atomic mass is 79.9. The van der Waals surface area contributed by atoms with E-state index in [0.717, 1.165) is 27.1 Å². The number of rotatable bonds is 1. The minimum absolute atomic E-state index is 0.699. The zero-order valence-electron chi connectivity index (χ0n) is 11.6. The zero-order chi connectivity index (χ0) is 14.7. The molecule has 0 fully saturated rings. The Morgan fingerprint density at radius 1 is 1.20 bits per heavy atom. The molecule has 0 atom stereocenters. The van der Waals surface area contributed by atoms with Gasteiger partial charge >= 0.3 is 0 Å². The highest BCUT2D eigenvalue weighted by Gasteiger charge is 2.10. The molecular weight excluding hydrogens is 338 g/mol. The molecule has 0 unspecified atom stereocenters. The standard InChI is InChI=1S/C13H9BrClN3.C2H6/c1-8-6-12(9-4-2-3-5-11(9)15)17-13-10(14)7-16-18(8)13;1-2/h2-7H,1H3;1-2H3. The Kier molecular flexibility index (Phi) is 4.78. The SMILES string of the molecule is CC.Cc1cc(-c2ccccc2Cl)nc2c(Br)cnn12. The molecule has 5 heteroatoms. The summed E-state index contributed by atoms with van der Waals surface area (Å²) in [5.74, 6) is 0. The summed E-state index contributed by atoms with van der Waals surface area (Å²) in [6, 6.07) is 9.67. The molecule has 104 valence electrons. The summed E-state index contributed by atoms with van der Waals surface area (Å²) in [5, 5.41) is 4.95. The van der Waals surface area contributed by atoms with E-state index < -0.39 is 0 Å². The Morgan fingerprint density at radius 3 is 2.60 bits per heavy atom. The van der Waals surface area contributed by atoms with Crippen molar-refractivity contribution >= 4 is 33.2 Å². The molecular formula is C15H15BrClN3. The van der Waals surface area contributed by atoms with Gasteiger partial charge in [0.1, 0.15) is 0 Å². The van der Waals surface area contributed by atoms with Crippen LogP contribution in [0, 0.1) is 6.92 Å². The van der Waals surface area contributed by atoms with Crippen molar-refractivity contribution in [1.82, 2.24) is 14.6 Å². The van der Waals surface area contributed by atoms with Gasteiger partial charge in [0.15, 0.2) is 5.65 Å². The molecule has 0 radical (unpaired) electrons. The van der Waals surface area contributed by atoms with Crippen molar-refractivity contribution < 1.29 is 0 Å². The van der Waals surface area contributed by atoms with Crippen LogP contribution in [0.5, 0.6) is 0 Å². The van der Waals surface area contributed by atoms with Crippen LogP contribution in [0.25, 0.3) is 16.9 Å². The van der Waals surface area contributed by atoms with E-state index in [1.165, 1.54) is 0 Å². The van der Waals surface area contributed by atoms with E-state index in [2.05, 4.69) is 26.0 Å². The topological polar surface area (TPSA) is 30.2 Å². The van der Waals surface area contributed by atoms with Crippen LogP contribution in [0.2, 0.25) is 5.02 Å². The number of aromatic nitrogens is 3. The van der Waals surface area contributed by atoms with Crippen LogP contribution in [0.1, 0.15) is 19.5 Å². The second-order valence-electron chi connectivity index (χ2n) is 3.99. The Labute approximate surface area is 131 Å². The number of fused-ring (bicyclic) bond motifs is 1. The third-order valence-electron chi connectivity index (χ3n) is 2.76. The fourth-order valence-corrected chi connectivity index (χ4v) is 2.47. The highest BCUT2D eigenvalue weighted by molar-refractivity contribution is 9.10. The van der Waals surface area contributed by atoms with Gasteiger partial charge in [0.25, 0.3) is 0 Å². The first-order chi connectivity index (χ1) is 9.66. The van der Waals surface area contributed by atoms with Crippen LogP contribution >= 0.6 is 27.5 Å². The molecule has 2 aromatic heterocycles. The van der Waals surface area contributed by atoms with Gasteiger partial charge in [-0.05, 0) is 35.0 Å². The second-order valence-corrected chi connectivity index (χ2v) is 5.25. The molecule has 0 saturated heterocycles. The first-order valence-corrected chi connectivity index (χ1v) is 7.59. The molecule has 0 N–H and O–H groups in total. The van der Waals surface area contributed by atoms with Crippen molar-refractivity contribution in [3.8, 4) is 11.3 Å². The lowest BCUT2D eigenvalue weighted by Gasteiger charge is -2.06. The summed E-state index contributed by atoms with van der Waals surface area (Å²) in [6.07, 6.45) is 1.74. The summed E-state index contributed by atoms with van der Waals surface area (Å²) in [5.41, 5.74) is 3.59. The van der Waals surface area contributed by atoms with Crippen molar-refractivity contribution in [2.24, 2.45) is 0 Å². The molecule has 0 aliphatic rings. The van der Waals surface area contributed by atoms with E-state index in [1.807, 2.05) is 51.1 Å². The summed E-state index contributed by atoms with van der Waals surface area (Å²) in [6.45, 7) is 5.99. The van der Waals surface area contributed by atoms with Crippen LogP contribution in [-0.2, 0) is 0 Å². The van der Waals surface area contributed by atoms with Crippen molar-refractivity contribution in [3.05, 3.63) is 51.7 Å². The number of hydrogen-bond donors (Lipinski definition) is 0. The number of halogens is 2. The summed E-state index contributed by atoms with van der Waals surface area (Å²) < 4.78 is 2.67. The number of nitrogens with zero attached hydrogens (tertiary/aromatic N) is 3. The summed E-state index contributed by atoms with van der Waals surface area (Å²) in [7, 11) is 0. The molecule has 0 amide bonds. The zero-order valence-corrected chi connectivity index (χ0v) is 13.9. The van der Waals surface area contributed by atoms with Gasteiger partial charge in [0.2, 0.25) is 0 Å². The molecule has 2 heterocycles. The number of aryl methyl sites for hydroxylation is 1. The molecule has 3 rings (SSSR count). The van der Waals surface area contributed by atoms with E-state index in [9.17, 15) is 0 Å². The molecule has 0 bridgehead atoms. The maximum absolute atomic E-state index is 6.20. The average molecular weight is 353 g/mol. The van der Waals surface area contributed by atoms with Gasteiger partial charge in [-0.1, -0.05) is 43.6 Å². The van der Waals surface area contributed by atoms with Gasteiger partial charge < -0.3 is 0 Å². The van der Waals surface area contributed by atoms with E-state index >= 15 is 0 Å². The Balaban J connectivity index is 0.000000704. The molecule has 0 saturated carbocycles. The first kappa shape index (κ1) is 15.0. The van der Waals surface area contributed by atoms with Gasteiger partial charge in [-0.2, -0.15) is 5.10 Å². The van der Waals surface area contributed by atoms with E-state index in [4.69, 9.17) is 11.6 Å². The smallest absolute Gasteiger partial charge is 0.170 e. The minimum atomic E-state index is 0.699. The Morgan fingerprint density at radius 2 is 1.90 bits per heavy atom. The van der Waals surface area contributed by atoms with Gasteiger partial charge in [0.05, 0.1) is 16.4 Å². The molecule has 3 nitrogen and oxygen atoms in total. The van der Waals surface area contributed by atoms with Crippen molar-refractivity contribution in [1.29, 1.82) is 0 Å². The third kappa shape index (κ3) is 2.72. The van der Waals surface area contributed by atoms with Crippen LogP contribution in [-0.4, -0.2) is 14.6 Å². The lowest BCUT2D eigenvalue weighted by Crippen LogP contribution is -1.97. The van der Waals surface area contributed by atoms with E-state index in [-0.39, 0.29) is 0 Å². The Hall–Kier alpha value is -1.39. The third-order valence-corrected chi connectivity index (χ3v) is 3.65. The number of hydrogen-bond acceptors (Lipinski definition) is 2. The maximum Gasteiger partial charge on any atom is 0.170 e. The predicted octanol–water partition coefficient (Wildman–Crippen LogP) is 5.15.